The first-order valence-corrected chi connectivity index (χ1v) is 8.33. The van der Waals surface area contributed by atoms with Gasteiger partial charge in [-0.1, -0.05) is 0 Å². The maximum Gasteiger partial charge on any atom is 0.258 e. The second kappa shape index (κ2) is 6.52. The number of aliphatic hydroxyl groups is 2. The number of aromatic hydroxyl groups is 1. The molecule has 0 fully saturated rings. The van der Waals surface area contributed by atoms with E-state index < -0.39 is 6.10 Å². The standard InChI is InChI=1S/C17H19N5O4/c23-10-15(25)13-7-12-9-20(4-5-22(12)19-13)8-11-6-16(26)21-3-1-2-14(24)17(21)18-11/h1-3,6-7,15,23-25H,4-5,8-10H2/t15-/m1/s1. The summed E-state index contributed by atoms with van der Waals surface area (Å²) in [6.07, 6.45) is 0.591. The van der Waals surface area contributed by atoms with Crippen molar-refractivity contribution in [1.29, 1.82) is 0 Å². The normalized spacial score (nSPS) is 15.9. The van der Waals surface area contributed by atoms with E-state index in [2.05, 4.69) is 15.0 Å². The van der Waals surface area contributed by atoms with Gasteiger partial charge in [0.25, 0.3) is 5.56 Å². The quantitative estimate of drug-likeness (QED) is 0.584. The number of hydrogen-bond acceptors (Lipinski definition) is 7. The van der Waals surface area contributed by atoms with Crippen molar-refractivity contribution in [3.05, 3.63) is 57.9 Å². The molecule has 0 amide bonds. The van der Waals surface area contributed by atoms with Gasteiger partial charge in [-0.25, -0.2) is 4.98 Å². The van der Waals surface area contributed by atoms with Gasteiger partial charge >= 0.3 is 0 Å². The molecule has 0 saturated heterocycles. The molecule has 0 aromatic carbocycles. The van der Waals surface area contributed by atoms with E-state index in [1.807, 2.05) is 4.68 Å². The van der Waals surface area contributed by atoms with Gasteiger partial charge in [0.2, 0.25) is 0 Å². The molecule has 3 aromatic heterocycles. The first-order chi connectivity index (χ1) is 12.5. The summed E-state index contributed by atoms with van der Waals surface area (Å²) in [6, 6.07) is 6.34. The Labute approximate surface area is 148 Å². The van der Waals surface area contributed by atoms with Gasteiger partial charge < -0.3 is 15.3 Å². The summed E-state index contributed by atoms with van der Waals surface area (Å²) in [4.78, 5) is 18.8. The second-order valence-corrected chi connectivity index (χ2v) is 6.37. The molecule has 4 rings (SSSR count). The molecule has 1 aliphatic rings. The second-order valence-electron chi connectivity index (χ2n) is 6.37. The third-order valence-corrected chi connectivity index (χ3v) is 4.52. The van der Waals surface area contributed by atoms with Gasteiger partial charge in [-0.15, -0.1) is 0 Å². The highest BCUT2D eigenvalue weighted by Gasteiger charge is 2.21. The van der Waals surface area contributed by atoms with Gasteiger partial charge in [0.05, 0.1) is 30.2 Å². The van der Waals surface area contributed by atoms with Crippen molar-refractivity contribution < 1.29 is 15.3 Å². The molecule has 0 spiro atoms. The summed E-state index contributed by atoms with van der Waals surface area (Å²) in [5.41, 5.74) is 1.97. The molecule has 136 valence electrons. The lowest BCUT2D eigenvalue weighted by Gasteiger charge is -2.27. The predicted molar refractivity (Wildman–Crippen MR) is 91.5 cm³/mol. The summed E-state index contributed by atoms with van der Waals surface area (Å²) in [7, 11) is 0. The first-order valence-electron chi connectivity index (χ1n) is 8.33. The van der Waals surface area contributed by atoms with E-state index in [1.165, 1.54) is 16.5 Å². The van der Waals surface area contributed by atoms with Gasteiger partial charge in [0, 0.05) is 31.9 Å². The highest BCUT2D eigenvalue weighted by Crippen LogP contribution is 2.20. The molecule has 0 unspecified atom stereocenters. The van der Waals surface area contributed by atoms with Gasteiger partial charge in [0.15, 0.2) is 11.4 Å². The van der Waals surface area contributed by atoms with Gasteiger partial charge in [-0.3, -0.25) is 18.8 Å². The minimum atomic E-state index is -0.980. The average molecular weight is 357 g/mol. The molecule has 0 bridgehead atoms. The maximum absolute atomic E-state index is 12.2. The Morgan fingerprint density at radius 2 is 2.12 bits per heavy atom. The van der Waals surface area contributed by atoms with Gasteiger partial charge in [-0.2, -0.15) is 5.10 Å². The van der Waals surface area contributed by atoms with Crippen LogP contribution in [-0.2, 0) is 19.6 Å². The molecule has 1 atom stereocenters. The fourth-order valence-corrected chi connectivity index (χ4v) is 3.20. The molecule has 3 N–H and O–H groups in total. The highest BCUT2D eigenvalue weighted by molar-refractivity contribution is 5.52. The molecule has 26 heavy (non-hydrogen) atoms. The van der Waals surface area contributed by atoms with Crippen LogP contribution in [0.4, 0.5) is 0 Å². The molecule has 1 aliphatic heterocycles. The minimum Gasteiger partial charge on any atom is -0.504 e. The van der Waals surface area contributed by atoms with Crippen molar-refractivity contribution in [3.8, 4) is 5.75 Å². The smallest absolute Gasteiger partial charge is 0.258 e. The Bertz CT molecular complexity index is 1010. The lowest BCUT2D eigenvalue weighted by atomic mass is 10.2. The van der Waals surface area contributed by atoms with Gasteiger partial charge in [0.1, 0.15) is 6.10 Å². The van der Waals surface area contributed by atoms with Crippen molar-refractivity contribution >= 4 is 5.65 Å². The molecular formula is C17H19N5O4. The van der Waals surface area contributed by atoms with Crippen LogP contribution in [0, 0.1) is 0 Å². The Kier molecular flexibility index (Phi) is 4.19. The number of aromatic nitrogens is 4. The van der Waals surface area contributed by atoms with Crippen LogP contribution in [0.25, 0.3) is 5.65 Å². The van der Waals surface area contributed by atoms with Crippen LogP contribution < -0.4 is 5.56 Å². The Morgan fingerprint density at radius 1 is 1.27 bits per heavy atom. The van der Waals surface area contributed by atoms with Crippen LogP contribution in [-0.4, -0.2) is 52.5 Å². The number of hydrogen-bond donors (Lipinski definition) is 3. The number of pyridine rings is 1. The third-order valence-electron chi connectivity index (χ3n) is 4.52. The molecule has 0 aliphatic carbocycles. The third kappa shape index (κ3) is 2.96. The number of rotatable bonds is 4. The zero-order valence-electron chi connectivity index (χ0n) is 14.0. The minimum absolute atomic E-state index is 0.0363. The van der Waals surface area contributed by atoms with E-state index in [0.717, 1.165) is 5.69 Å². The van der Waals surface area contributed by atoms with E-state index in [9.17, 15) is 15.0 Å². The first kappa shape index (κ1) is 16.7. The van der Waals surface area contributed by atoms with Gasteiger partial charge in [-0.05, 0) is 18.2 Å². The molecule has 0 saturated carbocycles. The van der Waals surface area contributed by atoms with E-state index in [-0.39, 0.29) is 23.6 Å². The Hall–Kier alpha value is -2.75. The topological polar surface area (TPSA) is 116 Å². The summed E-state index contributed by atoms with van der Waals surface area (Å²) < 4.78 is 3.13. The molecule has 0 radical (unpaired) electrons. The Balaban J connectivity index is 1.57. The lowest BCUT2D eigenvalue weighted by Crippen LogP contribution is -2.34. The van der Waals surface area contributed by atoms with Crippen LogP contribution in [0.5, 0.6) is 5.75 Å². The fraction of sp³-hybridized carbons (Fsp3) is 0.353. The summed E-state index contributed by atoms with van der Waals surface area (Å²) in [6.45, 7) is 2.04. The van der Waals surface area contributed by atoms with Crippen LogP contribution in [0.3, 0.4) is 0 Å². The SMILES string of the molecule is O=c1cc(CN2CCn3nc([C@H](O)CO)cc3C2)nc2c(O)cccn12. The van der Waals surface area contributed by atoms with Crippen LogP contribution in [0.2, 0.25) is 0 Å². The number of aliphatic hydroxyl groups excluding tert-OH is 2. The summed E-state index contributed by atoms with van der Waals surface area (Å²) in [5, 5.41) is 33.0. The number of fused-ring (bicyclic) bond motifs is 2. The van der Waals surface area contributed by atoms with E-state index in [0.29, 0.717) is 37.6 Å². The molecular weight excluding hydrogens is 338 g/mol. The van der Waals surface area contributed by atoms with Crippen molar-refractivity contribution in [1.82, 2.24) is 24.1 Å². The monoisotopic (exact) mass is 357 g/mol. The zero-order chi connectivity index (χ0) is 18.3. The average Bonchev–Trinajstić information content (AvgIpc) is 3.05. The molecule has 9 heteroatoms. The van der Waals surface area contributed by atoms with Crippen molar-refractivity contribution in [2.75, 3.05) is 13.2 Å². The van der Waals surface area contributed by atoms with Crippen molar-refractivity contribution in [3.63, 3.8) is 0 Å². The van der Waals surface area contributed by atoms with Crippen molar-refractivity contribution in [2.24, 2.45) is 0 Å². The highest BCUT2D eigenvalue weighted by atomic mass is 16.3. The van der Waals surface area contributed by atoms with Crippen LogP contribution in [0.15, 0.2) is 35.3 Å². The zero-order valence-corrected chi connectivity index (χ0v) is 14.0. The summed E-state index contributed by atoms with van der Waals surface area (Å²) in [5.74, 6) is -0.0363. The van der Waals surface area contributed by atoms with Crippen molar-refractivity contribution in [2.45, 2.75) is 25.7 Å². The molecule has 9 nitrogen and oxygen atoms in total. The maximum atomic E-state index is 12.2. The predicted octanol–water partition coefficient (Wildman–Crippen LogP) is -0.362. The van der Waals surface area contributed by atoms with E-state index in [4.69, 9.17) is 5.11 Å². The van der Waals surface area contributed by atoms with Crippen LogP contribution >= 0.6 is 0 Å². The van der Waals surface area contributed by atoms with Crippen LogP contribution in [0.1, 0.15) is 23.2 Å². The lowest BCUT2D eigenvalue weighted by molar-refractivity contribution is 0.0915. The fourth-order valence-electron chi connectivity index (χ4n) is 3.20. The largest absolute Gasteiger partial charge is 0.504 e. The van der Waals surface area contributed by atoms with E-state index >= 15 is 0 Å². The molecule has 3 aromatic rings. The summed E-state index contributed by atoms with van der Waals surface area (Å²) >= 11 is 0. The Morgan fingerprint density at radius 3 is 2.92 bits per heavy atom. The molecule has 4 heterocycles. The van der Waals surface area contributed by atoms with E-state index in [1.54, 1.807) is 18.3 Å². The number of nitrogens with zero attached hydrogens (tertiary/aromatic N) is 5.